The predicted octanol–water partition coefficient (Wildman–Crippen LogP) is 0.830. The number of nitrogens with one attached hydrogen (secondary N) is 1. The minimum Gasteiger partial charge on any atom is -0.483 e. The van der Waals surface area contributed by atoms with Crippen LogP contribution in [0.2, 0.25) is 0 Å². The smallest absolute Gasteiger partial charge is 0.258 e. The fourth-order valence-electron chi connectivity index (χ4n) is 1.48. The summed E-state index contributed by atoms with van der Waals surface area (Å²) in [6.45, 7) is 6.36. The van der Waals surface area contributed by atoms with Crippen LogP contribution >= 0.6 is 0 Å². The van der Waals surface area contributed by atoms with Gasteiger partial charge in [-0.15, -0.1) is 0 Å². The Balaban J connectivity index is 2.69. The molecule has 116 valence electrons. The van der Waals surface area contributed by atoms with Crippen molar-refractivity contribution in [2.45, 2.75) is 38.8 Å². The Morgan fingerprint density at radius 3 is 2.33 bits per heavy atom. The van der Waals surface area contributed by atoms with Crippen LogP contribution in [-0.4, -0.2) is 34.7 Å². The van der Waals surface area contributed by atoms with Gasteiger partial charge in [-0.2, -0.15) is 0 Å². The van der Waals surface area contributed by atoms with Crippen LogP contribution < -0.4 is 15.8 Å². The molecule has 0 bridgehead atoms. The highest BCUT2D eigenvalue weighted by atomic mass is 16.5. The van der Waals surface area contributed by atoms with Crippen LogP contribution in [0.5, 0.6) is 5.75 Å². The summed E-state index contributed by atoms with van der Waals surface area (Å²) in [4.78, 5) is 23.1. The molecular weight excluding hydrogens is 272 g/mol. The Hall–Kier alpha value is -2.08. The molecule has 0 aliphatic rings. The summed E-state index contributed by atoms with van der Waals surface area (Å²) in [5, 5.41) is 12.7. The first-order chi connectivity index (χ1) is 9.54. The van der Waals surface area contributed by atoms with Crippen molar-refractivity contribution < 1.29 is 19.4 Å². The number of para-hydroxylation sites is 1. The van der Waals surface area contributed by atoms with Gasteiger partial charge in [-0.1, -0.05) is 12.1 Å². The van der Waals surface area contributed by atoms with Crippen molar-refractivity contribution in [2.24, 2.45) is 5.73 Å². The lowest BCUT2D eigenvalue weighted by atomic mass is 9.86. The third kappa shape index (κ3) is 4.46. The Labute approximate surface area is 124 Å². The molecule has 1 aromatic carbocycles. The number of aliphatic hydroxyl groups is 1. The summed E-state index contributed by atoms with van der Waals surface area (Å²) in [6, 6.07) is 6.43. The van der Waals surface area contributed by atoms with E-state index >= 15 is 0 Å². The van der Waals surface area contributed by atoms with Gasteiger partial charge < -0.3 is 20.9 Å². The zero-order chi connectivity index (χ0) is 16.3. The zero-order valence-corrected chi connectivity index (χ0v) is 12.8. The SMILES string of the molecule is CC(C)(O)C(C)(C)NC(=O)COc1ccccc1C(N)=O. The lowest BCUT2D eigenvalue weighted by molar-refractivity contribution is -0.128. The summed E-state index contributed by atoms with van der Waals surface area (Å²) < 4.78 is 5.32. The Morgan fingerprint density at radius 2 is 1.81 bits per heavy atom. The van der Waals surface area contributed by atoms with Crippen molar-refractivity contribution in [3.05, 3.63) is 29.8 Å². The van der Waals surface area contributed by atoms with Gasteiger partial charge in [0.2, 0.25) is 0 Å². The summed E-state index contributed by atoms with van der Waals surface area (Å²) in [7, 11) is 0. The van der Waals surface area contributed by atoms with Crippen molar-refractivity contribution in [3.63, 3.8) is 0 Å². The van der Waals surface area contributed by atoms with E-state index in [4.69, 9.17) is 10.5 Å². The monoisotopic (exact) mass is 294 g/mol. The minimum atomic E-state index is -1.09. The fourth-order valence-corrected chi connectivity index (χ4v) is 1.48. The van der Waals surface area contributed by atoms with Crippen LogP contribution in [0.1, 0.15) is 38.1 Å². The number of benzene rings is 1. The maximum Gasteiger partial charge on any atom is 0.258 e. The third-order valence-electron chi connectivity index (χ3n) is 3.49. The van der Waals surface area contributed by atoms with E-state index in [1.807, 2.05) is 0 Å². The molecule has 6 nitrogen and oxygen atoms in total. The number of ether oxygens (including phenoxy) is 1. The van der Waals surface area contributed by atoms with Gasteiger partial charge in [0.1, 0.15) is 5.75 Å². The molecule has 0 unspecified atom stereocenters. The number of hydrogen-bond acceptors (Lipinski definition) is 4. The molecule has 0 aromatic heterocycles. The molecule has 0 heterocycles. The Morgan fingerprint density at radius 1 is 1.24 bits per heavy atom. The first-order valence-electron chi connectivity index (χ1n) is 6.59. The molecule has 0 saturated carbocycles. The molecule has 1 aromatic rings. The Bertz CT molecular complexity index is 533. The zero-order valence-electron chi connectivity index (χ0n) is 12.8. The first kappa shape index (κ1) is 17.0. The van der Waals surface area contributed by atoms with E-state index in [1.54, 1.807) is 45.9 Å². The van der Waals surface area contributed by atoms with Crippen LogP contribution in [0.15, 0.2) is 24.3 Å². The van der Waals surface area contributed by atoms with Gasteiger partial charge in [-0.05, 0) is 39.8 Å². The topological polar surface area (TPSA) is 102 Å². The van der Waals surface area contributed by atoms with E-state index in [1.165, 1.54) is 6.07 Å². The standard InChI is InChI=1S/C15H22N2O4/c1-14(2,15(3,4)20)17-12(18)9-21-11-8-6-5-7-10(11)13(16)19/h5-8,20H,9H2,1-4H3,(H2,16,19)(H,17,18). The minimum absolute atomic E-state index is 0.215. The summed E-state index contributed by atoms with van der Waals surface area (Å²) in [5.41, 5.74) is 3.53. The second-order valence-electron chi connectivity index (χ2n) is 5.88. The average Bonchev–Trinajstić information content (AvgIpc) is 2.34. The highest BCUT2D eigenvalue weighted by molar-refractivity contribution is 5.95. The van der Waals surface area contributed by atoms with Gasteiger partial charge in [0, 0.05) is 0 Å². The van der Waals surface area contributed by atoms with E-state index in [2.05, 4.69) is 5.32 Å². The average molecular weight is 294 g/mol. The van der Waals surface area contributed by atoms with Gasteiger partial charge in [-0.25, -0.2) is 0 Å². The molecule has 4 N–H and O–H groups in total. The second-order valence-corrected chi connectivity index (χ2v) is 5.88. The largest absolute Gasteiger partial charge is 0.483 e. The molecule has 0 aliphatic heterocycles. The van der Waals surface area contributed by atoms with Crippen LogP contribution in [0.4, 0.5) is 0 Å². The van der Waals surface area contributed by atoms with Gasteiger partial charge in [0.05, 0.1) is 16.7 Å². The molecule has 1 rings (SSSR count). The van der Waals surface area contributed by atoms with Crippen molar-refractivity contribution in [1.82, 2.24) is 5.32 Å². The second kappa shape index (κ2) is 6.13. The van der Waals surface area contributed by atoms with Crippen LogP contribution in [0.3, 0.4) is 0 Å². The highest BCUT2D eigenvalue weighted by Gasteiger charge is 2.36. The lowest BCUT2D eigenvalue weighted by Crippen LogP contribution is -2.58. The van der Waals surface area contributed by atoms with Crippen molar-refractivity contribution >= 4 is 11.8 Å². The van der Waals surface area contributed by atoms with Gasteiger partial charge in [0.25, 0.3) is 11.8 Å². The molecule has 21 heavy (non-hydrogen) atoms. The van der Waals surface area contributed by atoms with E-state index < -0.39 is 23.0 Å². The van der Waals surface area contributed by atoms with Crippen LogP contribution in [0.25, 0.3) is 0 Å². The van der Waals surface area contributed by atoms with Gasteiger partial charge in [-0.3, -0.25) is 9.59 Å². The number of primary amides is 1. The molecule has 0 atom stereocenters. The van der Waals surface area contributed by atoms with E-state index in [0.717, 1.165) is 0 Å². The summed E-state index contributed by atoms with van der Waals surface area (Å²) in [6.07, 6.45) is 0. The highest BCUT2D eigenvalue weighted by Crippen LogP contribution is 2.21. The number of hydrogen-bond donors (Lipinski definition) is 3. The quantitative estimate of drug-likeness (QED) is 0.723. The summed E-state index contributed by atoms with van der Waals surface area (Å²) in [5.74, 6) is -0.773. The summed E-state index contributed by atoms with van der Waals surface area (Å²) >= 11 is 0. The lowest BCUT2D eigenvalue weighted by Gasteiger charge is -2.37. The molecule has 0 saturated heterocycles. The molecule has 0 radical (unpaired) electrons. The maximum absolute atomic E-state index is 11.9. The molecular formula is C15H22N2O4. The maximum atomic E-state index is 11.9. The van der Waals surface area contributed by atoms with E-state index in [-0.39, 0.29) is 17.9 Å². The fraction of sp³-hybridized carbons (Fsp3) is 0.467. The molecule has 6 heteroatoms. The number of rotatable bonds is 6. The molecule has 0 aliphatic carbocycles. The predicted molar refractivity (Wildman–Crippen MR) is 79.0 cm³/mol. The number of nitrogens with two attached hydrogens (primary N) is 1. The van der Waals surface area contributed by atoms with Crippen molar-refractivity contribution in [2.75, 3.05) is 6.61 Å². The van der Waals surface area contributed by atoms with Crippen LogP contribution in [-0.2, 0) is 4.79 Å². The number of carbonyl (C=O) groups excluding carboxylic acids is 2. The normalized spacial score (nSPS) is 11.9. The number of carbonyl (C=O) groups is 2. The van der Waals surface area contributed by atoms with Crippen molar-refractivity contribution in [1.29, 1.82) is 0 Å². The molecule has 0 fully saturated rings. The molecule has 2 amide bonds. The van der Waals surface area contributed by atoms with E-state index in [9.17, 15) is 14.7 Å². The van der Waals surface area contributed by atoms with Crippen LogP contribution in [0, 0.1) is 0 Å². The van der Waals surface area contributed by atoms with E-state index in [0.29, 0.717) is 0 Å². The van der Waals surface area contributed by atoms with Gasteiger partial charge in [0.15, 0.2) is 6.61 Å². The molecule has 0 spiro atoms. The Kier molecular flexibility index (Phi) is 4.96. The first-order valence-corrected chi connectivity index (χ1v) is 6.59. The van der Waals surface area contributed by atoms with Crippen molar-refractivity contribution in [3.8, 4) is 5.75 Å². The van der Waals surface area contributed by atoms with Gasteiger partial charge >= 0.3 is 0 Å². The number of amides is 2. The third-order valence-corrected chi connectivity index (χ3v) is 3.49.